The quantitative estimate of drug-likeness (QED) is 0.0452. The van der Waals surface area contributed by atoms with Gasteiger partial charge in [0.2, 0.25) is 17.7 Å². The van der Waals surface area contributed by atoms with Crippen LogP contribution in [0, 0.1) is 0 Å². The molecule has 2 atom stereocenters. The third kappa shape index (κ3) is 24.9. The molecule has 2 aliphatic heterocycles. The lowest BCUT2D eigenvalue weighted by molar-refractivity contribution is -0.145. The first kappa shape index (κ1) is 71.8. The molecular weight excluding hydrogens is 1160 g/mol. The number of nitrogens with zero attached hydrogens (tertiary/aromatic N) is 9. The Morgan fingerprint density at radius 3 is 1.81 bits per heavy atom. The number of aliphatic carboxylic acids is 4. The van der Waals surface area contributed by atoms with Crippen molar-refractivity contribution in [3.63, 3.8) is 0 Å². The molecule has 6 N–H and O–H groups in total. The Balaban J connectivity index is 0.979. The van der Waals surface area contributed by atoms with Gasteiger partial charge < -0.3 is 69.3 Å². The predicted molar refractivity (Wildman–Crippen MR) is 313 cm³/mol. The molecule has 3 aromatic rings. The number of carboxylic acids is 4. The molecule has 2 unspecified atom stereocenters. The van der Waals surface area contributed by atoms with Crippen LogP contribution in [0.3, 0.4) is 0 Å². The summed E-state index contributed by atoms with van der Waals surface area (Å²) in [6.07, 6.45) is -2.15. The number of halogens is 3. The van der Waals surface area contributed by atoms with Crippen molar-refractivity contribution < 1.29 is 90.8 Å². The third-order valence-electron chi connectivity index (χ3n) is 14.4. The van der Waals surface area contributed by atoms with Crippen LogP contribution in [0.1, 0.15) is 68.2 Å². The fourth-order valence-corrected chi connectivity index (χ4v) is 10.1. The molecule has 0 aliphatic carbocycles. The highest BCUT2D eigenvalue weighted by Crippen LogP contribution is 2.35. The second-order valence-electron chi connectivity index (χ2n) is 20.7. The standard InChI is InChI=1S/C58H86F3N11O16/c1-4-42-38-71(56(80)44-10-15-50(87-5-2)66-54(44)58(59,60)61)27-28-72(42)47-12-11-45(43-9-7-17-64-55(43)88-6-3)65-46(47)37-62-16-8-29-83-31-33-85-35-36-86-34-32-84-30-18-63-49(73)14-13-48(57(81)82)70-25-23-68(40-52(76)77)21-19-67(39-51(74)75)20-22-69(24-26-70)41-53(78)79/h7,9-12,15,17,42,48,62H,4-6,8,13-14,16,18-41H2,1-3H3,(H,63,73)(H,74,75)(H,76,77)(H,78,79)(H,81,82). The molecule has 0 radical (unpaired) electrons. The Kier molecular flexibility index (Phi) is 31.4. The maximum absolute atomic E-state index is 14.2. The lowest BCUT2D eigenvalue weighted by Crippen LogP contribution is -2.55. The summed E-state index contributed by atoms with van der Waals surface area (Å²) in [5.41, 5.74) is 1.11. The zero-order chi connectivity index (χ0) is 63.8. The van der Waals surface area contributed by atoms with E-state index in [1.54, 1.807) is 38.8 Å². The first-order valence-electron chi connectivity index (χ1n) is 29.7. The molecule has 0 aromatic carbocycles. The van der Waals surface area contributed by atoms with Gasteiger partial charge in [-0.1, -0.05) is 6.92 Å². The number of hydrogen-bond donors (Lipinski definition) is 6. The van der Waals surface area contributed by atoms with E-state index in [0.717, 1.165) is 17.4 Å². The highest BCUT2D eigenvalue weighted by Gasteiger charge is 2.40. The van der Waals surface area contributed by atoms with E-state index in [1.165, 1.54) is 11.0 Å². The summed E-state index contributed by atoms with van der Waals surface area (Å²) in [6, 6.07) is 8.59. The van der Waals surface area contributed by atoms with Gasteiger partial charge in [-0.15, -0.1) is 0 Å². The molecule has 2 amide bonds. The molecule has 0 spiro atoms. The van der Waals surface area contributed by atoms with Gasteiger partial charge in [0.25, 0.3) is 5.91 Å². The van der Waals surface area contributed by atoms with E-state index in [2.05, 4.69) is 25.5 Å². The van der Waals surface area contributed by atoms with E-state index in [4.69, 9.17) is 33.4 Å². The van der Waals surface area contributed by atoms with Crippen molar-refractivity contribution in [3.05, 3.63) is 59.5 Å². The maximum atomic E-state index is 14.2. The number of piperazine rings is 1. The fraction of sp³-hybridized carbons (Fsp3) is 0.638. The van der Waals surface area contributed by atoms with E-state index in [1.807, 2.05) is 32.0 Å². The van der Waals surface area contributed by atoms with Crippen molar-refractivity contribution in [2.24, 2.45) is 0 Å². The van der Waals surface area contributed by atoms with Gasteiger partial charge in [0.15, 0.2) is 5.69 Å². The Hall–Kier alpha value is -6.90. The lowest BCUT2D eigenvalue weighted by Gasteiger charge is -2.43. The summed E-state index contributed by atoms with van der Waals surface area (Å²) in [4.78, 5) is 97.0. The van der Waals surface area contributed by atoms with Crippen molar-refractivity contribution in [1.82, 2.24) is 50.1 Å². The molecule has 2 fully saturated rings. The second-order valence-corrected chi connectivity index (χ2v) is 20.7. The minimum atomic E-state index is -4.87. The highest BCUT2D eigenvalue weighted by molar-refractivity contribution is 5.96. The third-order valence-corrected chi connectivity index (χ3v) is 14.4. The Morgan fingerprint density at radius 1 is 0.670 bits per heavy atom. The normalized spacial score (nSPS) is 16.5. The molecule has 0 bridgehead atoms. The van der Waals surface area contributed by atoms with Gasteiger partial charge in [0.1, 0.15) is 6.04 Å². The van der Waals surface area contributed by atoms with Crippen molar-refractivity contribution in [2.75, 3.05) is 176 Å². The number of pyridine rings is 3. The zero-order valence-corrected chi connectivity index (χ0v) is 50.5. The molecule has 88 heavy (non-hydrogen) atoms. The molecular formula is C58H86F3N11O16. The van der Waals surface area contributed by atoms with Crippen LogP contribution in [0.15, 0.2) is 42.6 Å². The van der Waals surface area contributed by atoms with Crippen LogP contribution < -0.4 is 25.0 Å². The van der Waals surface area contributed by atoms with E-state index < -0.39 is 59.2 Å². The van der Waals surface area contributed by atoms with E-state index in [9.17, 15) is 62.4 Å². The minimum absolute atomic E-state index is 0.0684. The number of anilines is 1. The number of alkyl halides is 3. The number of ether oxygens (including phenoxy) is 6. The number of hydrogen-bond acceptors (Lipinski definition) is 21. The Morgan fingerprint density at radius 2 is 1.25 bits per heavy atom. The molecule has 27 nitrogen and oxygen atoms in total. The number of carbonyl (C=O) groups excluding carboxylic acids is 2. The van der Waals surface area contributed by atoms with Crippen molar-refractivity contribution in [3.8, 4) is 23.0 Å². The van der Waals surface area contributed by atoms with Crippen molar-refractivity contribution in [1.29, 1.82) is 0 Å². The molecule has 5 rings (SSSR count). The SMILES string of the molecule is CCOc1ccc(C(=O)N2CCN(c3ccc(-c4cccnc4OCC)nc3CNCCCOCCOCCOCCOCCNC(=O)CCC(C(=O)O)N3CCN(CC(=O)O)CCN(CC(=O)O)CCN(CC(=O)O)CC3)C(CC)C2)c(C(F)(F)F)n1. The van der Waals surface area contributed by atoms with Crippen LogP contribution in [0.25, 0.3) is 11.3 Å². The topological polar surface area (TPSA) is 321 Å². The van der Waals surface area contributed by atoms with Gasteiger partial charge >= 0.3 is 30.1 Å². The molecule has 30 heteroatoms. The van der Waals surface area contributed by atoms with Crippen LogP contribution in [0.2, 0.25) is 0 Å². The lowest BCUT2D eigenvalue weighted by atomic mass is 10.0. The van der Waals surface area contributed by atoms with Crippen molar-refractivity contribution in [2.45, 2.75) is 71.3 Å². The first-order valence-corrected chi connectivity index (χ1v) is 29.7. The summed E-state index contributed by atoms with van der Waals surface area (Å²) in [5, 5.41) is 44.9. The molecule has 5 heterocycles. The molecule has 2 saturated heterocycles. The van der Waals surface area contributed by atoms with Crippen LogP contribution >= 0.6 is 0 Å². The van der Waals surface area contributed by atoms with E-state index in [-0.39, 0.29) is 143 Å². The summed E-state index contributed by atoms with van der Waals surface area (Å²) < 4.78 is 76.1. The summed E-state index contributed by atoms with van der Waals surface area (Å²) in [5.74, 6) is -5.40. The fourth-order valence-electron chi connectivity index (χ4n) is 10.1. The van der Waals surface area contributed by atoms with Crippen LogP contribution in [0.4, 0.5) is 18.9 Å². The number of aromatic nitrogens is 3. The second kappa shape index (κ2) is 38.5. The zero-order valence-electron chi connectivity index (χ0n) is 50.5. The average Bonchev–Trinajstić information content (AvgIpc) is 1.90. The molecule has 3 aromatic heterocycles. The maximum Gasteiger partial charge on any atom is 0.434 e. The first-order chi connectivity index (χ1) is 42.3. The Labute approximate surface area is 510 Å². The Bertz CT molecular complexity index is 2630. The monoisotopic (exact) mass is 1250 g/mol. The number of carboxylic acid groups (broad SMARTS) is 4. The van der Waals surface area contributed by atoms with Gasteiger partial charge in [-0.2, -0.15) is 13.2 Å². The smallest absolute Gasteiger partial charge is 0.434 e. The predicted octanol–water partition coefficient (Wildman–Crippen LogP) is 2.47. The van der Waals surface area contributed by atoms with Crippen LogP contribution in [-0.4, -0.2) is 278 Å². The highest BCUT2D eigenvalue weighted by atomic mass is 19.4. The number of carbonyl (C=O) groups is 6. The molecule has 2 aliphatic rings. The van der Waals surface area contributed by atoms with Crippen LogP contribution in [-0.2, 0) is 55.6 Å². The number of amides is 2. The minimum Gasteiger partial charge on any atom is -0.480 e. The number of nitrogens with one attached hydrogen (secondary N) is 2. The number of rotatable bonds is 37. The van der Waals surface area contributed by atoms with Gasteiger partial charge in [0.05, 0.1) is 107 Å². The van der Waals surface area contributed by atoms with Crippen LogP contribution in [0.5, 0.6) is 11.8 Å². The summed E-state index contributed by atoms with van der Waals surface area (Å²) >= 11 is 0. The van der Waals surface area contributed by atoms with E-state index in [0.29, 0.717) is 89.3 Å². The summed E-state index contributed by atoms with van der Waals surface area (Å²) in [6.45, 7) is 10.5. The van der Waals surface area contributed by atoms with Gasteiger partial charge in [-0.05, 0) is 70.0 Å². The summed E-state index contributed by atoms with van der Waals surface area (Å²) in [7, 11) is 0. The van der Waals surface area contributed by atoms with Gasteiger partial charge in [-0.3, -0.25) is 48.4 Å². The van der Waals surface area contributed by atoms with Gasteiger partial charge in [0, 0.05) is 116 Å². The van der Waals surface area contributed by atoms with Crippen molar-refractivity contribution >= 4 is 41.4 Å². The largest absolute Gasteiger partial charge is 0.480 e. The van der Waals surface area contributed by atoms with Gasteiger partial charge in [-0.25, -0.2) is 15.0 Å². The van der Waals surface area contributed by atoms with E-state index >= 15 is 0 Å². The molecule has 490 valence electrons. The molecule has 0 saturated carbocycles. The average molecular weight is 1250 g/mol.